The number of hydrogen-bond donors (Lipinski definition) is 1. The zero-order chi connectivity index (χ0) is 22.6. The van der Waals surface area contributed by atoms with Crippen molar-refractivity contribution in [2.45, 2.75) is 60.0 Å². The fourth-order valence-corrected chi connectivity index (χ4v) is 4.28. The second-order valence-electron chi connectivity index (χ2n) is 9.75. The Bertz CT molecular complexity index is 882. The van der Waals surface area contributed by atoms with Crippen molar-refractivity contribution in [3.8, 4) is 5.75 Å². The second kappa shape index (κ2) is 9.82. The van der Waals surface area contributed by atoms with Crippen molar-refractivity contribution in [2.75, 3.05) is 20.2 Å². The summed E-state index contributed by atoms with van der Waals surface area (Å²) in [6.07, 6.45) is 3.90. The third-order valence-electron chi connectivity index (χ3n) is 6.54. The van der Waals surface area contributed by atoms with E-state index in [-0.39, 0.29) is 11.9 Å². The predicted molar refractivity (Wildman–Crippen MR) is 125 cm³/mol. The van der Waals surface area contributed by atoms with Gasteiger partial charge in [-0.05, 0) is 80.6 Å². The van der Waals surface area contributed by atoms with Crippen LogP contribution in [0, 0.1) is 25.2 Å². The molecule has 1 aliphatic rings. The Labute approximate surface area is 187 Å². The highest BCUT2D eigenvalue weighted by molar-refractivity contribution is 5.81. The summed E-state index contributed by atoms with van der Waals surface area (Å²) in [4.78, 5) is 19.9. The summed E-state index contributed by atoms with van der Waals surface area (Å²) >= 11 is 0. The highest BCUT2D eigenvalue weighted by Crippen LogP contribution is 2.32. The van der Waals surface area contributed by atoms with E-state index >= 15 is 0 Å². The van der Waals surface area contributed by atoms with Crippen molar-refractivity contribution in [2.24, 2.45) is 11.3 Å². The zero-order valence-electron chi connectivity index (χ0n) is 19.9. The van der Waals surface area contributed by atoms with Crippen molar-refractivity contribution in [3.63, 3.8) is 0 Å². The Morgan fingerprint density at radius 3 is 2.45 bits per heavy atom. The summed E-state index contributed by atoms with van der Waals surface area (Å²) in [6.45, 7) is 13.2. The van der Waals surface area contributed by atoms with Crippen LogP contribution in [0.15, 0.2) is 36.5 Å². The third kappa shape index (κ3) is 5.65. The number of ether oxygens (including phenoxy) is 1. The van der Waals surface area contributed by atoms with E-state index in [1.165, 1.54) is 16.7 Å². The van der Waals surface area contributed by atoms with Crippen LogP contribution < -0.4 is 10.1 Å². The first-order valence-electron chi connectivity index (χ1n) is 11.3. The molecular weight excluding hydrogens is 386 g/mol. The number of amides is 1. The summed E-state index contributed by atoms with van der Waals surface area (Å²) in [5, 5.41) is 3.30. The molecule has 1 atom stereocenters. The van der Waals surface area contributed by atoms with Gasteiger partial charge < -0.3 is 10.1 Å². The van der Waals surface area contributed by atoms with Crippen LogP contribution in [0.25, 0.3) is 0 Å². The molecule has 0 radical (unpaired) electrons. The maximum atomic E-state index is 12.8. The summed E-state index contributed by atoms with van der Waals surface area (Å²) in [5.74, 6) is 1.42. The van der Waals surface area contributed by atoms with Crippen molar-refractivity contribution in [3.05, 3.63) is 58.9 Å². The van der Waals surface area contributed by atoms with Gasteiger partial charge in [0.25, 0.3) is 0 Å². The number of methoxy groups -OCH3 is 1. The van der Waals surface area contributed by atoms with Crippen molar-refractivity contribution in [1.82, 2.24) is 15.2 Å². The van der Waals surface area contributed by atoms with Gasteiger partial charge in [0.2, 0.25) is 5.91 Å². The molecule has 0 saturated carbocycles. The zero-order valence-corrected chi connectivity index (χ0v) is 19.9. The maximum Gasteiger partial charge on any atom is 0.225 e. The molecule has 31 heavy (non-hydrogen) atoms. The van der Waals surface area contributed by atoms with E-state index in [1.54, 1.807) is 7.11 Å². The average Bonchev–Trinajstić information content (AvgIpc) is 2.76. The van der Waals surface area contributed by atoms with Gasteiger partial charge in [-0.25, -0.2) is 0 Å². The third-order valence-corrected chi connectivity index (χ3v) is 6.54. The molecule has 0 aliphatic carbocycles. The summed E-state index contributed by atoms with van der Waals surface area (Å²) in [7, 11) is 1.72. The highest BCUT2D eigenvalue weighted by Gasteiger charge is 2.32. The van der Waals surface area contributed by atoms with Gasteiger partial charge in [0, 0.05) is 18.2 Å². The number of likely N-dealkylation sites (tertiary alicyclic amines) is 1. The number of rotatable bonds is 6. The molecule has 5 heteroatoms. The van der Waals surface area contributed by atoms with Crippen LogP contribution in [-0.4, -0.2) is 36.0 Å². The Balaban J connectivity index is 1.68. The lowest BCUT2D eigenvalue weighted by molar-refractivity contribution is -0.129. The standard InChI is InChI=1S/C26H37N3O2/c1-18-19(2)23(31-6)11-10-21(18)17-29-15-12-20(13-16-29)24(22-9-7-8-14-27-22)28-25(30)26(3,4)5/h7-11,14,20,24H,12-13,15-17H2,1-6H3,(H,28,30)/t24-/m1/s1. The average molecular weight is 424 g/mol. The molecule has 1 saturated heterocycles. The van der Waals surface area contributed by atoms with Gasteiger partial charge in [-0.15, -0.1) is 0 Å². The van der Waals surface area contributed by atoms with Gasteiger partial charge in [0.1, 0.15) is 5.75 Å². The molecular formula is C26H37N3O2. The fourth-order valence-electron chi connectivity index (χ4n) is 4.28. The molecule has 0 spiro atoms. The van der Waals surface area contributed by atoms with E-state index in [9.17, 15) is 4.79 Å². The van der Waals surface area contributed by atoms with Crippen LogP contribution >= 0.6 is 0 Å². The number of aromatic nitrogens is 1. The van der Waals surface area contributed by atoms with Gasteiger partial charge in [0.15, 0.2) is 0 Å². The minimum absolute atomic E-state index is 0.0416. The number of carbonyl (C=O) groups excluding carboxylic acids is 1. The lowest BCUT2D eigenvalue weighted by Crippen LogP contribution is -2.44. The molecule has 1 aromatic carbocycles. The molecule has 2 aromatic rings. The Hall–Kier alpha value is -2.40. The maximum absolute atomic E-state index is 12.8. The van der Waals surface area contributed by atoms with E-state index in [0.29, 0.717) is 5.92 Å². The first kappa shape index (κ1) is 23.3. The smallest absolute Gasteiger partial charge is 0.225 e. The molecule has 1 N–H and O–H groups in total. The summed E-state index contributed by atoms with van der Waals surface area (Å²) in [6, 6.07) is 10.2. The number of piperidine rings is 1. The molecule has 2 heterocycles. The van der Waals surface area contributed by atoms with Crippen LogP contribution in [0.2, 0.25) is 0 Å². The van der Waals surface area contributed by atoms with E-state index in [4.69, 9.17) is 4.74 Å². The largest absolute Gasteiger partial charge is 0.496 e. The van der Waals surface area contributed by atoms with Crippen LogP contribution in [0.5, 0.6) is 5.75 Å². The molecule has 5 nitrogen and oxygen atoms in total. The molecule has 0 bridgehead atoms. The van der Waals surface area contributed by atoms with Crippen LogP contribution in [0.3, 0.4) is 0 Å². The van der Waals surface area contributed by atoms with Crippen LogP contribution in [0.4, 0.5) is 0 Å². The molecule has 1 aliphatic heterocycles. The van der Waals surface area contributed by atoms with Gasteiger partial charge in [-0.3, -0.25) is 14.7 Å². The molecule has 3 rings (SSSR count). The molecule has 1 amide bonds. The van der Waals surface area contributed by atoms with E-state index in [2.05, 4.69) is 41.2 Å². The lowest BCUT2D eigenvalue weighted by Gasteiger charge is -2.37. The Kier molecular flexibility index (Phi) is 7.37. The van der Waals surface area contributed by atoms with Gasteiger partial charge >= 0.3 is 0 Å². The van der Waals surface area contributed by atoms with Gasteiger partial charge in [-0.1, -0.05) is 32.9 Å². The van der Waals surface area contributed by atoms with Gasteiger partial charge in [0.05, 0.1) is 18.8 Å². The predicted octanol–water partition coefficient (Wildman–Crippen LogP) is 4.82. The first-order chi connectivity index (χ1) is 14.7. The topological polar surface area (TPSA) is 54.5 Å². The van der Waals surface area contributed by atoms with Crippen molar-refractivity contribution < 1.29 is 9.53 Å². The second-order valence-corrected chi connectivity index (χ2v) is 9.75. The number of benzene rings is 1. The molecule has 0 unspecified atom stereocenters. The Morgan fingerprint density at radius 2 is 1.87 bits per heavy atom. The minimum atomic E-state index is -0.419. The van der Waals surface area contributed by atoms with E-state index in [0.717, 1.165) is 43.9 Å². The summed E-state index contributed by atoms with van der Waals surface area (Å²) < 4.78 is 5.45. The highest BCUT2D eigenvalue weighted by atomic mass is 16.5. The first-order valence-corrected chi connectivity index (χ1v) is 11.3. The van der Waals surface area contributed by atoms with Crippen LogP contribution in [-0.2, 0) is 11.3 Å². The number of hydrogen-bond acceptors (Lipinski definition) is 4. The number of nitrogens with one attached hydrogen (secondary N) is 1. The van der Waals surface area contributed by atoms with Crippen LogP contribution in [0.1, 0.15) is 62.0 Å². The van der Waals surface area contributed by atoms with Crippen molar-refractivity contribution >= 4 is 5.91 Å². The lowest BCUT2D eigenvalue weighted by atomic mass is 9.85. The monoisotopic (exact) mass is 423 g/mol. The van der Waals surface area contributed by atoms with E-state index in [1.807, 2.05) is 45.2 Å². The molecule has 1 aromatic heterocycles. The normalized spacial score (nSPS) is 16.7. The Morgan fingerprint density at radius 1 is 1.16 bits per heavy atom. The number of nitrogens with zero attached hydrogens (tertiary/aromatic N) is 2. The van der Waals surface area contributed by atoms with E-state index < -0.39 is 5.41 Å². The molecule has 1 fully saturated rings. The van der Waals surface area contributed by atoms with Crippen molar-refractivity contribution in [1.29, 1.82) is 0 Å². The van der Waals surface area contributed by atoms with Gasteiger partial charge in [-0.2, -0.15) is 0 Å². The number of pyridine rings is 1. The SMILES string of the molecule is COc1ccc(CN2CCC([C@@H](NC(=O)C(C)(C)C)c3ccccn3)CC2)c(C)c1C. The number of carbonyl (C=O) groups is 1. The quantitative estimate of drug-likeness (QED) is 0.724. The molecule has 168 valence electrons. The minimum Gasteiger partial charge on any atom is -0.496 e. The summed E-state index contributed by atoms with van der Waals surface area (Å²) in [5.41, 5.74) is 4.43. The fraction of sp³-hybridized carbons (Fsp3) is 0.538.